The normalized spacial score (nSPS) is 15.7. The van der Waals surface area contributed by atoms with Crippen molar-refractivity contribution in [2.24, 2.45) is 0 Å². The van der Waals surface area contributed by atoms with Crippen LogP contribution in [0.25, 0.3) is 0 Å². The van der Waals surface area contributed by atoms with Gasteiger partial charge in [0.1, 0.15) is 18.1 Å². The van der Waals surface area contributed by atoms with E-state index in [2.05, 4.69) is 16.1 Å². The predicted molar refractivity (Wildman–Crippen MR) is 187 cm³/mol. The smallest absolute Gasteiger partial charge is 0.337 e. The first kappa shape index (κ1) is 35.2. The molecule has 2 unspecified atom stereocenters. The molecular weight excluding hydrogens is 648 g/mol. The van der Waals surface area contributed by atoms with Gasteiger partial charge in [0.2, 0.25) is 5.91 Å². The Morgan fingerprint density at radius 2 is 1.53 bits per heavy atom. The third-order valence-electron chi connectivity index (χ3n) is 7.99. The van der Waals surface area contributed by atoms with Gasteiger partial charge in [-0.25, -0.2) is 14.6 Å². The molecule has 0 aliphatic carbocycles. The summed E-state index contributed by atoms with van der Waals surface area (Å²) in [5, 5.41) is 7.81. The molecule has 3 amide bonds. The van der Waals surface area contributed by atoms with Crippen molar-refractivity contribution in [1.29, 1.82) is 0 Å². The summed E-state index contributed by atoms with van der Waals surface area (Å²) in [5.41, 5.74) is 6.14. The number of hydrazine groups is 1. The van der Waals surface area contributed by atoms with E-state index in [9.17, 15) is 14.4 Å². The van der Waals surface area contributed by atoms with Gasteiger partial charge in [0.25, 0.3) is 0 Å². The van der Waals surface area contributed by atoms with Crippen molar-refractivity contribution in [2.75, 3.05) is 38.1 Å². The number of methoxy groups -OCH3 is 2. The van der Waals surface area contributed by atoms with E-state index in [0.717, 1.165) is 18.4 Å². The van der Waals surface area contributed by atoms with E-state index < -0.39 is 12.0 Å². The van der Waals surface area contributed by atoms with Gasteiger partial charge >= 0.3 is 12.0 Å². The van der Waals surface area contributed by atoms with Crippen molar-refractivity contribution in [2.45, 2.75) is 38.0 Å². The third kappa shape index (κ3) is 9.96. The van der Waals surface area contributed by atoms with Crippen LogP contribution in [0.1, 0.15) is 34.3 Å². The van der Waals surface area contributed by atoms with Gasteiger partial charge in [-0.05, 0) is 66.4 Å². The summed E-state index contributed by atoms with van der Waals surface area (Å²) in [6, 6.07) is 28.1. The lowest BCUT2D eigenvalue weighted by molar-refractivity contribution is -0.127. The SMILES string of the molecule is COC(=O)c1cccc(OCC2CCC(COCc3ccccc3)N2NC(=O)Cc2ccc(NC(=O)Nc3ccccc3Cl)c(OC)c2)c1. The number of halogens is 1. The molecule has 3 N–H and O–H groups in total. The van der Waals surface area contributed by atoms with Crippen LogP contribution in [0, 0.1) is 0 Å². The molecular formula is C37H39ClN4O7. The maximum absolute atomic E-state index is 13.5. The minimum atomic E-state index is -0.489. The zero-order chi connectivity index (χ0) is 34.6. The summed E-state index contributed by atoms with van der Waals surface area (Å²) in [6.07, 6.45) is 1.61. The van der Waals surface area contributed by atoms with Crippen molar-refractivity contribution in [1.82, 2.24) is 10.4 Å². The number of carbonyl (C=O) groups excluding carboxylic acids is 3. The Balaban J connectivity index is 1.23. The second kappa shape index (κ2) is 17.3. The van der Waals surface area contributed by atoms with Gasteiger partial charge in [-0.15, -0.1) is 0 Å². The van der Waals surface area contributed by atoms with Crippen LogP contribution < -0.4 is 25.5 Å². The fourth-order valence-corrected chi connectivity index (χ4v) is 5.72. The molecule has 0 aromatic heterocycles. The Morgan fingerprint density at radius 1 is 0.796 bits per heavy atom. The summed E-state index contributed by atoms with van der Waals surface area (Å²) < 4.78 is 22.5. The topological polar surface area (TPSA) is 127 Å². The van der Waals surface area contributed by atoms with Crippen LogP contribution in [0.2, 0.25) is 5.02 Å². The Kier molecular flexibility index (Phi) is 12.5. The molecule has 1 heterocycles. The third-order valence-corrected chi connectivity index (χ3v) is 8.32. The van der Waals surface area contributed by atoms with Crippen LogP contribution in [0.15, 0.2) is 97.1 Å². The lowest BCUT2D eigenvalue weighted by atomic mass is 10.1. The molecule has 256 valence electrons. The van der Waals surface area contributed by atoms with Gasteiger partial charge < -0.3 is 29.6 Å². The standard InChI is InChI=1S/C37H39ClN4O7/c1-46-34-19-26(15-18-33(34)40-37(45)39-32-14-7-6-13-31(32)38)20-35(43)41-42-28(23-48-22-25-9-4-3-5-10-25)16-17-29(42)24-49-30-12-8-11-27(21-30)36(44)47-2/h3-15,18-19,21,28-29H,16-17,20,22-24H2,1-2H3,(H,41,43)(H2,39,40,45). The van der Waals surface area contributed by atoms with Gasteiger partial charge in [0.15, 0.2) is 0 Å². The minimum Gasteiger partial charge on any atom is -0.495 e. The monoisotopic (exact) mass is 686 g/mol. The molecule has 5 rings (SSSR count). The van der Waals surface area contributed by atoms with Crippen molar-refractivity contribution in [3.8, 4) is 11.5 Å². The number of ether oxygens (including phenoxy) is 4. The number of anilines is 2. The zero-order valence-electron chi connectivity index (χ0n) is 27.3. The number of rotatable bonds is 14. The minimum absolute atomic E-state index is 0.0608. The highest BCUT2D eigenvalue weighted by Crippen LogP contribution is 2.28. The van der Waals surface area contributed by atoms with Crippen LogP contribution >= 0.6 is 11.6 Å². The Labute approximate surface area is 290 Å². The number of amides is 3. The summed E-state index contributed by atoms with van der Waals surface area (Å²) in [7, 11) is 2.82. The van der Waals surface area contributed by atoms with Gasteiger partial charge in [0, 0.05) is 0 Å². The molecule has 4 aromatic carbocycles. The maximum Gasteiger partial charge on any atom is 0.337 e. The highest BCUT2D eigenvalue weighted by molar-refractivity contribution is 6.33. The van der Waals surface area contributed by atoms with Gasteiger partial charge in [-0.1, -0.05) is 66.2 Å². The van der Waals surface area contributed by atoms with Crippen LogP contribution in [0.5, 0.6) is 11.5 Å². The average Bonchev–Trinajstić information content (AvgIpc) is 3.49. The van der Waals surface area contributed by atoms with Crippen molar-refractivity contribution in [3.05, 3.63) is 119 Å². The molecule has 1 saturated heterocycles. The first-order chi connectivity index (χ1) is 23.8. The first-order valence-corrected chi connectivity index (χ1v) is 16.2. The molecule has 11 nitrogen and oxygen atoms in total. The quantitative estimate of drug-likeness (QED) is 0.129. The van der Waals surface area contributed by atoms with Gasteiger partial charge in [-0.2, -0.15) is 0 Å². The van der Waals surface area contributed by atoms with Gasteiger partial charge in [-0.3, -0.25) is 10.2 Å². The molecule has 4 aromatic rings. The number of carbonyl (C=O) groups is 3. The molecule has 0 bridgehead atoms. The summed E-state index contributed by atoms with van der Waals surface area (Å²) in [5.74, 6) is 0.247. The van der Waals surface area contributed by atoms with E-state index in [1.165, 1.54) is 14.2 Å². The second-order valence-corrected chi connectivity index (χ2v) is 11.8. The number of para-hydroxylation sites is 1. The Morgan fingerprint density at radius 3 is 2.29 bits per heavy atom. The van der Waals surface area contributed by atoms with Crippen LogP contribution in [0.4, 0.5) is 16.2 Å². The van der Waals surface area contributed by atoms with Crippen LogP contribution in [-0.4, -0.2) is 62.4 Å². The molecule has 49 heavy (non-hydrogen) atoms. The Hall–Kier alpha value is -5.10. The number of benzene rings is 4. The fraction of sp³-hybridized carbons (Fsp3) is 0.270. The van der Waals surface area contributed by atoms with E-state index in [1.54, 1.807) is 66.7 Å². The van der Waals surface area contributed by atoms with E-state index in [0.29, 0.717) is 52.2 Å². The number of hydrogen-bond donors (Lipinski definition) is 3. The summed E-state index contributed by atoms with van der Waals surface area (Å²) in [6.45, 7) is 1.15. The van der Waals surface area contributed by atoms with Gasteiger partial charge in [0.05, 0.1) is 67.9 Å². The molecule has 0 spiro atoms. The fourth-order valence-electron chi connectivity index (χ4n) is 5.54. The number of nitrogens with one attached hydrogen (secondary N) is 3. The maximum atomic E-state index is 13.5. The number of hydrogen-bond acceptors (Lipinski definition) is 8. The highest BCUT2D eigenvalue weighted by atomic mass is 35.5. The molecule has 1 aliphatic rings. The number of urea groups is 1. The average molecular weight is 687 g/mol. The largest absolute Gasteiger partial charge is 0.495 e. The van der Waals surface area contributed by atoms with E-state index in [4.69, 9.17) is 30.5 Å². The lowest BCUT2D eigenvalue weighted by Crippen LogP contribution is -2.52. The predicted octanol–water partition coefficient (Wildman–Crippen LogP) is 6.48. The molecule has 0 saturated carbocycles. The number of nitrogens with zero attached hydrogens (tertiary/aromatic N) is 1. The zero-order valence-corrected chi connectivity index (χ0v) is 28.1. The van der Waals surface area contributed by atoms with Crippen LogP contribution in [-0.2, 0) is 27.3 Å². The molecule has 2 atom stereocenters. The molecule has 1 fully saturated rings. The van der Waals surface area contributed by atoms with E-state index in [-0.39, 0.29) is 31.0 Å². The van der Waals surface area contributed by atoms with Crippen molar-refractivity contribution in [3.63, 3.8) is 0 Å². The summed E-state index contributed by atoms with van der Waals surface area (Å²) in [4.78, 5) is 38.1. The summed E-state index contributed by atoms with van der Waals surface area (Å²) >= 11 is 6.16. The molecule has 12 heteroatoms. The van der Waals surface area contributed by atoms with Crippen molar-refractivity contribution < 1.29 is 33.3 Å². The highest BCUT2D eigenvalue weighted by Gasteiger charge is 2.35. The lowest BCUT2D eigenvalue weighted by Gasteiger charge is -2.30. The first-order valence-electron chi connectivity index (χ1n) is 15.8. The number of esters is 1. The molecule has 1 aliphatic heterocycles. The van der Waals surface area contributed by atoms with E-state index in [1.807, 2.05) is 35.3 Å². The van der Waals surface area contributed by atoms with Crippen LogP contribution in [0.3, 0.4) is 0 Å². The second-order valence-electron chi connectivity index (χ2n) is 11.4. The molecule has 0 radical (unpaired) electrons. The van der Waals surface area contributed by atoms with Crippen molar-refractivity contribution >= 4 is 40.9 Å². The van der Waals surface area contributed by atoms with E-state index >= 15 is 0 Å². The Bertz CT molecular complexity index is 1740.